The van der Waals surface area contributed by atoms with Gasteiger partial charge in [-0.1, -0.05) is 18.2 Å². The van der Waals surface area contributed by atoms with Crippen LogP contribution in [-0.2, 0) is 4.79 Å². The predicted octanol–water partition coefficient (Wildman–Crippen LogP) is 5.70. The second-order valence-corrected chi connectivity index (χ2v) is 6.51. The molecule has 0 aliphatic heterocycles. The highest BCUT2D eigenvalue weighted by atomic mass is 16.5. The van der Waals surface area contributed by atoms with Gasteiger partial charge < -0.3 is 13.9 Å². The monoisotopic (exact) mass is 320 g/mol. The van der Waals surface area contributed by atoms with Gasteiger partial charge in [-0.2, -0.15) is 0 Å². The predicted molar refractivity (Wildman–Crippen MR) is 93.5 cm³/mol. The Balaban J connectivity index is 1.54. The second kappa shape index (κ2) is 6.52. The molecule has 1 aromatic heterocycles. The summed E-state index contributed by atoms with van der Waals surface area (Å²) in [6.07, 6.45) is 5.08. The highest BCUT2D eigenvalue weighted by Gasteiger charge is 2.24. The number of ether oxygens (including phenoxy) is 1. The van der Waals surface area contributed by atoms with Crippen LogP contribution >= 0.6 is 0 Å². The van der Waals surface area contributed by atoms with E-state index in [-0.39, 0.29) is 5.92 Å². The van der Waals surface area contributed by atoms with E-state index in [4.69, 9.17) is 9.15 Å². The minimum Gasteiger partial charge on any atom is -0.461 e. The van der Waals surface area contributed by atoms with Crippen molar-refractivity contribution in [2.75, 3.05) is 0 Å². The van der Waals surface area contributed by atoms with Gasteiger partial charge >= 0.3 is 0 Å². The number of fused-ring (bicyclic) bond motifs is 1. The maximum atomic E-state index is 10.9. The fraction of sp³-hybridized carbons (Fsp3) is 0.286. The first kappa shape index (κ1) is 15.0. The van der Waals surface area contributed by atoms with E-state index in [9.17, 15) is 4.79 Å². The first-order chi connectivity index (χ1) is 11.8. The summed E-state index contributed by atoms with van der Waals surface area (Å²) in [5.41, 5.74) is 0.892. The molecule has 24 heavy (non-hydrogen) atoms. The second-order valence-electron chi connectivity index (χ2n) is 6.51. The Kier molecular flexibility index (Phi) is 4.08. The van der Waals surface area contributed by atoms with Gasteiger partial charge in [-0.25, -0.2) is 0 Å². The Morgan fingerprint density at radius 1 is 0.917 bits per heavy atom. The number of para-hydroxylation sites is 1. The van der Waals surface area contributed by atoms with E-state index in [1.165, 1.54) is 0 Å². The van der Waals surface area contributed by atoms with Crippen LogP contribution in [0.5, 0.6) is 11.5 Å². The number of carbonyl (C=O) groups is 1. The molecule has 122 valence electrons. The third kappa shape index (κ3) is 3.07. The number of hydrogen-bond acceptors (Lipinski definition) is 3. The molecule has 1 fully saturated rings. The lowest BCUT2D eigenvalue weighted by Crippen LogP contribution is -2.13. The molecule has 0 bridgehead atoms. The van der Waals surface area contributed by atoms with Crippen molar-refractivity contribution in [2.45, 2.75) is 31.6 Å². The zero-order chi connectivity index (χ0) is 16.4. The van der Waals surface area contributed by atoms with Crippen molar-refractivity contribution < 1.29 is 13.9 Å². The summed E-state index contributed by atoms with van der Waals surface area (Å²) >= 11 is 0. The molecule has 2 aromatic carbocycles. The van der Waals surface area contributed by atoms with Gasteiger partial charge in [0.2, 0.25) is 0 Å². The molecule has 0 atom stereocenters. The molecule has 0 spiro atoms. The molecular formula is C21H20O3. The Morgan fingerprint density at radius 3 is 2.46 bits per heavy atom. The summed E-state index contributed by atoms with van der Waals surface area (Å²) in [4.78, 5) is 10.9. The molecule has 3 heteroatoms. The average Bonchev–Trinajstić information content (AvgIpc) is 3.06. The third-order valence-electron chi connectivity index (χ3n) is 4.85. The van der Waals surface area contributed by atoms with Gasteiger partial charge in [0.1, 0.15) is 29.1 Å². The number of hydrogen-bond donors (Lipinski definition) is 0. The summed E-state index contributed by atoms with van der Waals surface area (Å²) in [5.74, 6) is 3.33. The fourth-order valence-corrected chi connectivity index (χ4v) is 3.47. The minimum absolute atomic E-state index is 0.233. The summed E-state index contributed by atoms with van der Waals surface area (Å²) in [7, 11) is 0. The van der Waals surface area contributed by atoms with Crippen LogP contribution < -0.4 is 4.74 Å². The smallest absolute Gasteiger partial charge is 0.134 e. The Morgan fingerprint density at radius 2 is 1.71 bits per heavy atom. The van der Waals surface area contributed by atoms with E-state index >= 15 is 0 Å². The van der Waals surface area contributed by atoms with Gasteiger partial charge in [-0.05, 0) is 62.1 Å². The summed E-state index contributed by atoms with van der Waals surface area (Å²) in [6, 6.07) is 17.8. The van der Waals surface area contributed by atoms with Crippen LogP contribution in [0.25, 0.3) is 11.0 Å². The number of benzene rings is 2. The molecule has 4 rings (SSSR count). The standard InChI is InChI=1S/C21H20O3/c22-14-15-6-8-16(9-7-15)21-13-17-12-19(10-11-20(17)24-21)23-18-4-2-1-3-5-18/h1-5,10-16H,6-9H2. The lowest BCUT2D eigenvalue weighted by atomic mass is 9.81. The highest BCUT2D eigenvalue weighted by molar-refractivity contribution is 5.79. The van der Waals surface area contributed by atoms with Gasteiger partial charge in [0, 0.05) is 17.2 Å². The van der Waals surface area contributed by atoms with Crippen molar-refractivity contribution in [1.82, 2.24) is 0 Å². The van der Waals surface area contributed by atoms with Gasteiger partial charge in [-0.15, -0.1) is 0 Å². The van der Waals surface area contributed by atoms with Crippen LogP contribution in [0.15, 0.2) is 59.0 Å². The average molecular weight is 320 g/mol. The summed E-state index contributed by atoms with van der Waals surface area (Å²) in [6.45, 7) is 0. The number of carbonyl (C=O) groups excluding carboxylic acids is 1. The number of rotatable bonds is 4. The fourth-order valence-electron chi connectivity index (χ4n) is 3.47. The van der Waals surface area contributed by atoms with Crippen LogP contribution in [0.2, 0.25) is 0 Å². The normalized spacial score (nSPS) is 20.8. The van der Waals surface area contributed by atoms with Gasteiger partial charge in [0.05, 0.1) is 0 Å². The molecule has 1 aliphatic carbocycles. The van der Waals surface area contributed by atoms with Crippen LogP contribution in [0.4, 0.5) is 0 Å². The van der Waals surface area contributed by atoms with Gasteiger partial charge in [-0.3, -0.25) is 0 Å². The van der Waals surface area contributed by atoms with Crippen LogP contribution in [-0.4, -0.2) is 6.29 Å². The van der Waals surface area contributed by atoms with E-state index in [1.54, 1.807) is 0 Å². The first-order valence-electron chi connectivity index (χ1n) is 8.53. The van der Waals surface area contributed by atoms with E-state index in [2.05, 4.69) is 6.07 Å². The molecule has 0 amide bonds. The maximum absolute atomic E-state index is 10.9. The molecule has 0 N–H and O–H groups in total. The zero-order valence-electron chi connectivity index (χ0n) is 13.5. The Bertz CT molecular complexity index is 827. The Hall–Kier alpha value is -2.55. The maximum Gasteiger partial charge on any atom is 0.134 e. The van der Waals surface area contributed by atoms with Gasteiger partial charge in [0.15, 0.2) is 0 Å². The molecule has 0 saturated heterocycles. The van der Waals surface area contributed by atoms with Crippen molar-refractivity contribution in [1.29, 1.82) is 0 Å². The van der Waals surface area contributed by atoms with E-state index in [0.29, 0.717) is 5.92 Å². The molecule has 0 radical (unpaired) electrons. The first-order valence-corrected chi connectivity index (χ1v) is 8.53. The molecule has 1 aliphatic rings. The largest absolute Gasteiger partial charge is 0.461 e. The van der Waals surface area contributed by atoms with E-state index in [1.807, 2.05) is 48.5 Å². The van der Waals surface area contributed by atoms with Crippen LogP contribution in [0, 0.1) is 5.92 Å². The van der Waals surface area contributed by atoms with E-state index in [0.717, 1.165) is 60.2 Å². The van der Waals surface area contributed by atoms with Crippen molar-refractivity contribution >= 4 is 17.3 Å². The lowest BCUT2D eigenvalue weighted by molar-refractivity contribution is -0.112. The molecule has 1 heterocycles. The topological polar surface area (TPSA) is 39.4 Å². The molecule has 1 saturated carbocycles. The number of aldehydes is 1. The Labute approximate surface area is 141 Å². The van der Waals surface area contributed by atoms with Crippen molar-refractivity contribution in [3.63, 3.8) is 0 Å². The molecule has 3 nitrogen and oxygen atoms in total. The summed E-state index contributed by atoms with van der Waals surface area (Å²) in [5, 5.41) is 1.07. The van der Waals surface area contributed by atoms with Gasteiger partial charge in [0.25, 0.3) is 0 Å². The zero-order valence-corrected chi connectivity index (χ0v) is 13.5. The molecule has 0 unspecified atom stereocenters. The minimum atomic E-state index is 0.233. The van der Waals surface area contributed by atoms with Crippen LogP contribution in [0.1, 0.15) is 37.4 Å². The van der Waals surface area contributed by atoms with E-state index < -0.39 is 0 Å². The molecular weight excluding hydrogens is 300 g/mol. The lowest BCUT2D eigenvalue weighted by Gasteiger charge is -2.23. The van der Waals surface area contributed by atoms with Crippen molar-refractivity contribution in [2.24, 2.45) is 5.92 Å². The molecule has 3 aromatic rings. The third-order valence-corrected chi connectivity index (χ3v) is 4.85. The number of furan rings is 1. The SMILES string of the molecule is O=CC1CCC(c2cc3cc(Oc4ccccc4)ccc3o2)CC1. The van der Waals surface area contributed by atoms with Crippen LogP contribution in [0.3, 0.4) is 0 Å². The summed E-state index contributed by atoms with van der Waals surface area (Å²) < 4.78 is 11.9. The quantitative estimate of drug-likeness (QED) is 0.579. The van der Waals surface area contributed by atoms with Crippen molar-refractivity contribution in [3.8, 4) is 11.5 Å². The highest BCUT2D eigenvalue weighted by Crippen LogP contribution is 2.38. The van der Waals surface area contributed by atoms with Crippen molar-refractivity contribution in [3.05, 3.63) is 60.4 Å².